The van der Waals surface area contributed by atoms with E-state index in [2.05, 4.69) is 13.2 Å². The summed E-state index contributed by atoms with van der Waals surface area (Å²) in [6.07, 6.45) is -3.15. The minimum atomic E-state index is -4.33. The first-order valence-electron chi connectivity index (χ1n) is 3.55. The average molecular weight is 227 g/mol. The Morgan fingerprint density at radius 2 is 2.00 bits per heavy atom. The number of hydrogen-bond acceptors (Lipinski definition) is 2. The summed E-state index contributed by atoms with van der Waals surface area (Å²) in [5.74, 6) is 0. The molecule has 0 aliphatic heterocycles. The Balaban J connectivity index is 4.58. The highest BCUT2D eigenvalue weighted by Crippen LogP contribution is 2.17. The molecule has 0 rings (SSSR count). The van der Waals surface area contributed by atoms with Crippen LogP contribution in [-0.2, 0) is 0 Å². The van der Waals surface area contributed by atoms with Crippen molar-refractivity contribution >= 4 is 11.6 Å². The van der Waals surface area contributed by atoms with Gasteiger partial charge in [-0.2, -0.15) is 13.2 Å². The third-order valence-corrected chi connectivity index (χ3v) is 1.43. The fourth-order valence-corrected chi connectivity index (χ4v) is 0.821. The van der Waals surface area contributed by atoms with Gasteiger partial charge in [-0.15, -0.1) is 0 Å². The van der Waals surface area contributed by atoms with Gasteiger partial charge in [0.2, 0.25) is 0 Å². The fraction of sp³-hybridized carbons (Fsp3) is 0.250. The van der Waals surface area contributed by atoms with Gasteiger partial charge in [0.05, 0.1) is 16.4 Å². The van der Waals surface area contributed by atoms with Crippen molar-refractivity contribution in [3.8, 4) is 0 Å². The summed E-state index contributed by atoms with van der Waals surface area (Å²) in [4.78, 5) is 0. The smallest absolute Gasteiger partial charge is 0.397 e. The highest BCUT2D eigenvalue weighted by atomic mass is 35.5. The fourth-order valence-electron chi connectivity index (χ4n) is 0.645. The maximum Gasteiger partial charge on any atom is 0.405 e. The summed E-state index contributed by atoms with van der Waals surface area (Å²) < 4.78 is 35.5. The van der Waals surface area contributed by atoms with Crippen LogP contribution in [0.4, 0.5) is 13.2 Å². The molecule has 0 saturated carbocycles. The molecule has 0 aromatic heterocycles. The van der Waals surface area contributed by atoms with Crippen molar-refractivity contribution in [1.29, 1.82) is 0 Å². The number of halogens is 4. The molecule has 80 valence electrons. The molecule has 0 aromatic carbocycles. The van der Waals surface area contributed by atoms with Gasteiger partial charge in [0.25, 0.3) is 0 Å². The Hall–Kier alpha value is -1.10. The largest absolute Gasteiger partial charge is 0.405 e. The Morgan fingerprint density at radius 1 is 1.50 bits per heavy atom. The number of hydrogen-bond donors (Lipinski definition) is 2. The van der Waals surface area contributed by atoms with Gasteiger partial charge in [-0.1, -0.05) is 24.8 Å². The molecule has 0 aliphatic carbocycles. The van der Waals surface area contributed by atoms with E-state index in [-0.39, 0.29) is 16.4 Å². The van der Waals surface area contributed by atoms with E-state index >= 15 is 0 Å². The van der Waals surface area contributed by atoms with E-state index in [1.165, 1.54) is 6.08 Å². The summed E-state index contributed by atoms with van der Waals surface area (Å²) in [5.41, 5.74) is 5.30. The van der Waals surface area contributed by atoms with Gasteiger partial charge in [-0.25, -0.2) is 0 Å². The lowest BCUT2D eigenvalue weighted by Gasteiger charge is -2.13. The van der Waals surface area contributed by atoms with Crippen molar-refractivity contribution in [2.24, 2.45) is 5.73 Å². The van der Waals surface area contributed by atoms with Gasteiger partial charge < -0.3 is 11.1 Å². The molecule has 0 atom stereocenters. The molecule has 0 heterocycles. The average Bonchev–Trinajstić information content (AvgIpc) is 2.01. The third-order valence-electron chi connectivity index (χ3n) is 1.25. The molecule has 2 nitrogen and oxygen atoms in total. The SMILES string of the molecule is C=C/C(N)=C(/NCC(F)(F)F)C(=C)Cl. The van der Waals surface area contributed by atoms with Gasteiger partial charge in [-0.05, 0) is 6.08 Å². The van der Waals surface area contributed by atoms with Crippen molar-refractivity contribution < 1.29 is 13.2 Å². The van der Waals surface area contributed by atoms with Crippen molar-refractivity contribution in [3.05, 3.63) is 35.7 Å². The number of rotatable bonds is 4. The topological polar surface area (TPSA) is 38.0 Å². The molecular weight excluding hydrogens is 217 g/mol. The number of nitrogens with one attached hydrogen (secondary N) is 1. The van der Waals surface area contributed by atoms with Crippen LogP contribution in [0.15, 0.2) is 35.7 Å². The molecule has 0 aliphatic rings. The Bertz CT molecular complexity index is 268. The van der Waals surface area contributed by atoms with Crippen LogP contribution in [0.2, 0.25) is 0 Å². The molecule has 0 saturated heterocycles. The summed E-state index contributed by atoms with van der Waals surface area (Å²) in [5, 5.41) is 1.95. The van der Waals surface area contributed by atoms with Crippen LogP contribution in [0.3, 0.4) is 0 Å². The first-order valence-corrected chi connectivity index (χ1v) is 3.93. The summed E-state index contributed by atoms with van der Waals surface area (Å²) in [7, 11) is 0. The normalized spacial score (nSPS) is 13.1. The van der Waals surface area contributed by atoms with Crippen LogP contribution in [0.25, 0.3) is 0 Å². The molecule has 0 fully saturated rings. The lowest BCUT2D eigenvalue weighted by molar-refractivity contribution is -0.123. The van der Waals surface area contributed by atoms with Crippen molar-refractivity contribution in [3.63, 3.8) is 0 Å². The number of nitrogens with two attached hydrogens (primary N) is 1. The van der Waals surface area contributed by atoms with Crippen molar-refractivity contribution in [2.75, 3.05) is 6.54 Å². The lowest BCUT2D eigenvalue weighted by Crippen LogP contribution is -2.29. The molecule has 6 heteroatoms. The number of allylic oxidation sites excluding steroid dienone is 2. The van der Waals surface area contributed by atoms with E-state index in [9.17, 15) is 13.2 Å². The molecular formula is C8H10ClF3N2. The van der Waals surface area contributed by atoms with Crippen molar-refractivity contribution in [2.45, 2.75) is 6.18 Å². The van der Waals surface area contributed by atoms with E-state index in [0.717, 1.165) is 0 Å². The molecule has 0 spiro atoms. The van der Waals surface area contributed by atoms with Crippen LogP contribution in [0.1, 0.15) is 0 Å². The second-order valence-electron chi connectivity index (χ2n) is 2.41. The second kappa shape index (κ2) is 4.95. The zero-order chi connectivity index (χ0) is 11.4. The molecule has 0 amide bonds. The molecule has 0 radical (unpaired) electrons. The monoisotopic (exact) mass is 226 g/mol. The highest BCUT2D eigenvalue weighted by Gasteiger charge is 2.27. The minimum absolute atomic E-state index is 0.0225. The van der Waals surface area contributed by atoms with Crippen LogP contribution in [0, 0.1) is 0 Å². The molecule has 14 heavy (non-hydrogen) atoms. The van der Waals surface area contributed by atoms with E-state index in [1.807, 2.05) is 5.32 Å². The standard InChI is InChI=1S/C8H10ClF3N2/c1-3-6(13)7(5(2)9)14-4-8(10,11)12/h3,14H,1-2,4,13H2/b7-6-. The predicted octanol–water partition coefficient (Wildman–Crippen LogP) is 2.25. The van der Waals surface area contributed by atoms with E-state index in [0.29, 0.717) is 0 Å². The third kappa shape index (κ3) is 4.81. The Kier molecular flexibility index (Phi) is 4.56. The van der Waals surface area contributed by atoms with E-state index in [4.69, 9.17) is 17.3 Å². The summed E-state index contributed by atoms with van der Waals surface area (Å²) in [6, 6.07) is 0. The quantitative estimate of drug-likeness (QED) is 0.722. The van der Waals surface area contributed by atoms with Gasteiger partial charge in [0, 0.05) is 0 Å². The zero-order valence-corrected chi connectivity index (χ0v) is 8.04. The van der Waals surface area contributed by atoms with Crippen LogP contribution >= 0.6 is 11.6 Å². The van der Waals surface area contributed by atoms with Crippen LogP contribution in [-0.4, -0.2) is 12.7 Å². The second-order valence-corrected chi connectivity index (χ2v) is 2.86. The van der Waals surface area contributed by atoms with Gasteiger partial charge >= 0.3 is 6.18 Å². The van der Waals surface area contributed by atoms with Gasteiger partial charge in [0.1, 0.15) is 6.54 Å². The lowest BCUT2D eigenvalue weighted by atomic mass is 10.3. The van der Waals surface area contributed by atoms with E-state index < -0.39 is 12.7 Å². The zero-order valence-electron chi connectivity index (χ0n) is 7.29. The number of alkyl halides is 3. The summed E-state index contributed by atoms with van der Waals surface area (Å²) >= 11 is 5.44. The Labute approximate surface area is 84.9 Å². The predicted molar refractivity (Wildman–Crippen MR) is 50.5 cm³/mol. The van der Waals surface area contributed by atoms with Crippen LogP contribution < -0.4 is 11.1 Å². The minimum Gasteiger partial charge on any atom is -0.397 e. The van der Waals surface area contributed by atoms with Gasteiger partial charge in [-0.3, -0.25) is 0 Å². The van der Waals surface area contributed by atoms with E-state index in [1.54, 1.807) is 0 Å². The molecule has 0 unspecified atom stereocenters. The molecule has 0 bridgehead atoms. The highest BCUT2D eigenvalue weighted by molar-refractivity contribution is 6.31. The maximum atomic E-state index is 11.8. The van der Waals surface area contributed by atoms with Crippen LogP contribution in [0.5, 0.6) is 0 Å². The van der Waals surface area contributed by atoms with Crippen molar-refractivity contribution in [1.82, 2.24) is 5.32 Å². The van der Waals surface area contributed by atoms with Gasteiger partial charge in [0.15, 0.2) is 0 Å². The first-order chi connectivity index (χ1) is 6.28. The Morgan fingerprint density at radius 3 is 2.29 bits per heavy atom. The maximum absolute atomic E-state index is 11.8. The molecule has 0 aromatic rings. The summed E-state index contributed by atoms with van der Waals surface area (Å²) in [6.45, 7) is 5.36. The molecule has 3 N–H and O–H groups in total. The first kappa shape index (κ1) is 12.9.